The van der Waals surface area contributed by atoms with E-state index in [0.29, 0.717) is 18.7 Å². The fourth-order valence-electron chi connectivity index (χ4n) is 2.77. The quantitative estimate of drug-likeness (QED) is 0.856. The second kappa shape index (κ2) is 7.32. The van der Waals surface area contributed by atoms with Crippen LogP contribution in [0.15, 0.2) is 24.3 Å². The van der Waals surface area contributed by atoms with Crippen molar-refractivity contribution in [2.45, 2.75) is 26.3 Å². The Morgan fingerprint density at radius 2 is 1.96 bits per heavy atom. The highest BCUT2D eigenvalue weighted by Crippen LogP contribution is 2.08. The molecule has 2 heterocycles. The minimum Gasteiger partial charge on any atom is -0.351 e. The molecule has 0 radical (unpaired) electrons. The topological polar surface area (TPSA) is 75.9 Å². The van der Waals surface area contributed by atoms with E-state index in [0.717, 1.165) is 31.0 Å². The number of aromatic nitrogens is 4. The fraction of sp³-hybridized carbons (Fsp3) is 0.500. The van der Waals surface area contributed by atoms with Crippen LogP contribution >= 0.6 is 0 Å². The van der Waals surface area contributed by atoms with Gasteiger partial charge in [0, 0.05) is 18.7 Å². The van der Waals surface area contributed by atoms with Crippen LogP contribution in [0.1, 0.15) is 34.6 Å². The molecular formula is C16H22N6O. The maximum atomic E-state index is 12.1. The van der Waals surface area contributed by atoms with Crippen LogP contribution in [0.2, 0.25) is 0 Å². The Morgan fingerprint density at radius 3 is 2.61 bits per heavy atom. The molecule has 122 valence electrons. The summed E-state index contributed by atoms with van der Waals surface area (Å²) in [6.07, 6.45) is 2.55. The number of benzene rings is 1. The molecule has 1 aliphatic heterocycles. The summed E-state index contributed by atoms with van der Waals surface area (Å²) in [7, 11) is 0. The monoisotopic (exact) mass is 314 g/mol. The fourth-order valence-corrected chi connectivity index (χ4v) is 2.77. The Balaban J connectivity index is 1.49. The van der Waals surface area contributed by atoms with Crippen LogP contribution in [0.25, 0.3) is 0 Å². The molecule has 3 rings (SSSR count). The number of likely N-dealkylation sites (tertiary alicyclic amines) is 1. The molecule has 1 N–H and O–H groups in total. The van der Waals surface area contributed by atoms with E-state index in [9.17, 15) is 4.79 Å². The minimum atomic E-state index is -0.0191. The summed E-state index contributed by atoms with van der Waals surface area (Å²) >= 11 is 0. The van der Waals surface area contributed by atoms with Crippen LogP contribution in [0, 0.1) is 6.92 Å². The molecule has 0 spiro atoms. The van der Waals surface area contributed by atoms with E-state index in [2.05, 4.69) is 25.7 Å². The van der Waals surface area contributed by atoms with E-state index in [1.165, 1.54) is 12.8 Å². The number of nitrogens with zero attached hydrogens (tertiary/aromatic N) is 5. The first kappa shape index (κ1) is 15.6. The van der Waals surface area contributed by atoms with Crippen LogP contribution in [0.3, 0.4) is 0 Å². The third-order valence-corrected chi connectivity index (χ3v) is 4.17. The van der Waals surface area contributed by atoms with Gasteiger partial charge in [0.25, 0.3) is 5.91 Å². The van der Waals surface area contributed by atoms with Gasteiger partial charge < -0.3 is 10.2 Å². The molecule has 1 amide bonds. The summed E-state index contributed by atoms with van der Waals surface area (Å²) < 4.78 is 1.73. The second-order valence-corrected chi connectivity index (χ2v) is 5.89. The maximum absolute atomic E-state index is 12.1. The largest absolute Gasteiger partial charge is 0.351 e. The lowest BCUT2D eigenvalue weighted by Crippen LogP contribution is -2.33. The zero-order valence-electron chi connectivity index (χ0n) is 13.4. The average Bonchev–Trinajstić information content (AvgIpc) is 3.21. The summed E-state index contributed by atoms with van der Waals surface area (Å²) in [5.74, 6) is 0.753. The summed E-state index contributed by atoms with van der Waals surface area (Å²) in [4.78, 5) is 14.5. The predicted molar refractivity (Wildman–Crippen MR) is 86.1 cm³/mol. The van der Waals surface area contributed by atoms with E-state index in [1.54, 1.807) is 4.68 Å². The van der Waals surface area contributed by atoms with Gasteiger partial charge >= 0.3 is 0 Å². The van der Waals surface area contributed by atoms with Gasteiger partial charge in [0.1, 0.15) is 5.82 Å². The summed E-state index contributed by atoms with van der Waals surface area (Å²) in [5.41, 5.74) is 1.75. The third kappa shape index (κ3) is 4.13. The normalized spacial score (nSPS) is 15.0. The number of carbonyl (C=O) groups excluding carboxylic acids is 1. The molecule has 1 aromatic heterocycles. The Labute approximate surface area is 135 Å². The minimum absolute atomic E-state index is 0.0191. The zero-order valence-corrected chi connectivity index (χ0v) is 13.4. The number of hydrogen-bond acceptors (Lipinski definition) is 5. The highest BCUT2D eigenvalue weighted by atomic mass is 16.1. The molecule has 7 heteroatoms. The Bertz CT molecular complexity index is 645. The lowest BCUT2D eigenvalue weighted by Gasteiger charge is -2.14. The zero-order chi connectivity index (χ0) is 16.1. The van der Waals surface area contributed by atoms with Crippen molar-refractivity contribution < 1.29 is 4.79 Å². The van der Waals surface area contributed by atoms with Crippen LogP contribution < -0.4 is 5.32 Å². The van der Waals surface area contributed by atoms with Crippen molar-refractivity contribution in [1.29, 1.82) is 0 Å². The van der Waals surface area contributed by atoms with E-state index in [1.807, 2.05) is 31.2 Å². The molecule has 1 fully saturated rings. The van der Waals surface area contributed by atoms with Crippen LogP contribution in [0.5, 0.6) is 0 Å². The van der Waals surface area contributed by atoms with Crippen molar-refractivity contribution in [1.82, 2.24) is 30.4 Å². The van der Waals surface area contributed by atoms with Crippen molar-refractivity contribution in [3.8, 4) is 0 Å². The first-order chi connectivity index (χ1) is 11.2. The summed E-state index contributed by atoms with van der Waals surface area (Å²) in [5, 5.41) is 14.4. The Kier molecular flexibility index (Phi) is 4.97. The van der Waals surface area contributed by atoms with Crippen molar-refractivity contribution in [2.24, 2.45) is 0 Å². The molecule has 0 aliphatic carbocycles. The highest BCUT2D eigenvalue weighted by Gasteiger charge is 2.11. The van der Waals surface area contributed by atoms with Crippen LogP contribution in [-0.4, -0.2) is 57.2 Å². The Hall–Kier alpha value is -2.28. The van der Waals surface area contributed by atoms with Gasteiger partial charge in [0.05, 0.1) is 6.54 Å². The number of amides is 1. The van der Waals surface area contributed by atoms with Gasteiger partial charge in [-0.05, 0) is 61.0 Å². The molecule has 0 atom stereocenters. The molecule has 2 aromatic rings. The van der Waals surface area contributed by atoms with Crippen LogP contribution in [-0.2, 0) is 6.54 Å². The molecule has 0 unspecified atom stereocenters. The van der Waals surface area contributed by atoms with Crippen molar-refractivity contribution in [3.05, 3.63) is 41.2 Å². The number of hydrogen-bond donors (Lipinski definition) is 1. The molecule has 23 heavy (non-hydrogen) atoms. The lowest BCUT2D eigenvalue weighted by atomic mass is 10.1. The first-order valence-corrected chi connectivity index (χ1v) is 8.04. The smallest absolute Gasteiger partial charge is 0.251 e. The first-order valence-electron chi connectivity index (χ1n) is 8.04. The second-order valence-electron chi connectivity index (χ2n) is 5.89. The standard InChI is InChI=1S/C16H22N6O/c1-13-18-19-20-22(13)12-14-4-6-15(7-5-14)16(23)17-8-11-21-9-2-3-10-21/h4-7H,2-3,8-12H2,1H3,(H,17,23). The Morgan fingerprint density at radius 1 is 1.22 bits per heavy atom. The average molecular weight is 314 g/mol. The summed E-state index contributed by atoms with van der Waals surface area (Å²) in [6, 6.07) is 7.58. The van der Waals surface area contributed by atoms with Gasteiger partial charge in [-0.25, -0.2) is 4.68 Å². The van der Waals surface area contributed by atoms with Crippen molar-refractivity contribution in [3.63, 3.8) is 0 Å². The maximum Gasteiger partial charge on any atom is 0.251 e. The van der Waals surface area contributed by atoms with Gasteiger partial charge in [-0.1, -0.05) is 12.1 Å². The molecular weight excluding hydrogens is 292 g/mol. The molecule has 7 nitrogen and oxygen atoms in total. The summed E-state index contributed by atoms with van der Waals surface area (Å²) in [6.45, 7) is 6.41. The van der Waals surface area contributed by atoms with E-state index < -0.39 is 0 Å². The predicted octanol–water partition coefficient (Wildman–Crippen LogP) is 0.855. The van der Waals surface area contributed by atoms with Gasteiger partial charge in [-0.15, -0.1) is 5.10 Å². The molecule has 1 aliphatic rings. The van der Waals surface area contributed by atoms with E-state index in [-0.39, 0.29) is 5.91 Å². The highest BCUT2D eigenvalue weighted by molar-refractivity contribution is 5.94. The van der Waals surface area contributed by atoms with Gasteiger partial charge in [-0.3, -0.25) is 4.79 Å². The third-order valence-electron chi connectivity index (χ3n) is 4.17. The van der Waals surface area contributed by atoms with E-state index in [4.69, 9.17) is 0 Å². The van der Waals surface area contributed by atoms with Gasteiger partial charge in [0.2, 0.25) is 0 Å². The van der Waals surface area contributed by atoms with Crippen molar-refractivity contribution in [2.75, 3.05) is 26.2 Å². The van der Waals surface area contributed by atoms with Gasteiger partial charge in [0.15, 0.2) is 0 Å². The number of rotatable bonds is 6. The SMILES string of the molecule is Cc1nnnn1Cc1ccc(C(=O)NCCN2CCCC2)cc1. The number of carbonyl (C=O) groups is 1. The molecule has 1 saturated heterocycles. The van der Waals surface area contributed by atoms with E-state index >= 15 is 0 Å². The lowest BCUT2D eigenvalue weighted by molar-refractivity contribution is 0.0949. The van der Waals surface area contributed by atoms with Gasteiger partial charge in [-0.2, -0.15) is 0 Å². The molecule has 1 aromatic carbocycles. The number of nitrogens with one attached hydrogen (secondary N) is 1. The number of tetrazole rings is 1. The number of aryl methyl sites for hydroxylation is 1. The molecule has 0 bridgehead atoms. The van der Waals surface area contributed by atoms with Crippen molar-refractivity contribution >= 4 is 5.91 Å². The van der Waals surface area contributed by atoms with Crippen LogP contribution in [0.4, 0.5) is 0 Å². The molecule has 0 saturated carbocycles.